The molecule has 0 fully saturated rings. The Balaban J connectivity index is 2.47. The standard InChI is InChI=1S/C12H11N3/c1-10(9-13)12-14-7-8-15(12)11-5-3-2-4-6-11/h2-8,10H,1H3. The molecule has 0 saturated heterocycles. The number of imidazole rings is 1. The number of nitriles is 1. The Bertz CT molecular complexity index is 479. The Kier molecular flexibility index (Phi) is 2.51. The molecule has 0 amide bonds. The Hall–Kier alpha value is -2.08. The zero-order valence-electron chi connectivity index (χ0n) is 8.46. The second-order valence-corrected chi connectivity index (χ2v) is 3.34. The van der Waals surface area contributed by atoms with Crippen molar-refractivity contribution in [3.63, 3.8) is 0 Å². The summed E-state index contributed by atoms with van der Waals surface area (Å²) in [4.78, 5) is 4.20. The summed E-state index contributed by atoms with van der Waals surface area (Å²) in [6.07, 6.45) is 3.59. The largest absolute Gasteiger partial charge is 0.303 e. The summed E-state index contributed by atoms with van der Waals surface area (Å²) in [6.45, 7) is 1.85. The Labute approximate surface area is 88.6 Å². The minimum Gasteiger partial charge on any atom is -0.303 e. The van der Waals surface area contributed by atoms with Crippen LogP contribution in [0.4, 0.5) is 0 Å². The lowest BCUT2D eigenvalue weighted by atomic mass is 10.2. The van der Waals surface area contributed by atoms with E-state index in [9.17, 15) is 0 Å². The number of aromatic nitrogens is 2. The summed E-state index contributed by atoms with van der Waals surface area (Å²) in [7, 11) is 0. The smallest absolute Gasteiger partial charge is 0.130 e. The van der Waals surface area contributed by atoms with Crippen LogP contribution >= 0.6 is 0 Å². The van der Waals surface area contributed by atoms with Crippen LogP contribution < -0.4 is 0 Å². The molecule has 0 radical (unpaired) electrons. The molecule has 1 aromatic heterocycles. The lowest BCUT2D eigenvalue weighted by Crippen LogP contribution is -2.02. The number of para-hydroxylation sites is 1. The van der Waals surface area contributed by atoms with E-state index in [1.54, 1.807) is 6.20 Å². The fourth-order valence-corrected chi connectivity index (χ4v) is 1.50. The van der Waals surface area contributed by atoms with Gasteiger partial charge in [-0.2, -0.15) is 5.26 Å². The average molecular weight is 197 g/mol. The van der Waals surface area contributed by atoms with E-state index in [0.717, 1.165) is 11.5 Å². The first-order valence-electron chi connectivity index (χ1n) is 4.81. The molecule has 2 rings (SSSR count). The number of hydrogen-bond donors (Lipinski definition) is 0. The highest BCUT2D eigenvalue weighted by atomic mass is 15.1. The zero-order chi connectivity index (χ0) is 10.7. The molecule has 15 heavy (non-hydrogen) atoms. The third-order valence-electron chi connectivity index (χ3n) is 2.28. The lowest BCUT2D eigenvalue weighted by Gasteiger charge is -2.08. The van der Waals surface area contributed by atoms with Gasteiger partial charge in [0.15, 0.2) is 0 Å². The van der Waals surface area contributed by atoms with Gasteiger partial charge < -0.3 is 4.57 Å². The lowest BCUT2D eigenvalue weighted by molar-refractivity contribution is 0.821. The number of benzene rings is 1. The van der Waals surface area contributed by atoms with E-state index >= 15 is 0 Å². The van der Waals surface area contributed by atoms with Crippen molar-refractivity contribution in [3.8, 4) is 11.8 Å². The van der Waals surface area contributed by atoms with E-state index in [0.29, 0.717) is 0 Å². The second kappa shape index (κ2) is 3.97. The summed E-state index contributed by atoms with van der Waals surface area (Å²) >= 11 is 0. The minimum absolute atomic E-state index is 0.194. The molecule has 1 heterocycles. The van der Waals surface area contributed by atoms with Gasteiger partial charge in [0.25, 0.3) is 0 Å². The molecule has 0 aliphatic carbocycles. The van der Waals surface area contributed by atoms with Gasteiger partial charge in [0.1, 0.15) is 11.7 Å². The predicted molar refractivity (Wildman–Crippen MR) is 57.6 cm³/mol. The van der Waals surface area contributed by atoms with E-state index in [4.69, 9.17) is 5.26 Å². The fraction of sp³-hybridized carbons (Fsp3) is 0.167. The van der Waals surface area contributed by atoms with Crippen LogP contribution in [0, 0.1) is 11.3 Å². The molecule has 0 bridgehead atoms. The Morgan fingerprint density at radius 1 is 1.33 bits per heavy atom. The van der Waals surface area contributed by atoms with Crippen LogP contribution in [-0.2, 0) is 0 Å². The highest BCUT2D eigenvalue weighted by Gasteiger charge is 2.11. The third kappa shape index (κ3) is 1.75. The van der Waals surface area contributed by atoms with Crippen LogP contribution in [0.1, 0.15) is 18.7 Å². The van der Waals surface area contributed by atoms with Crippen molar-refractivity contribution in [2.24, 2.45) is 0 Å². The van der Waals surface area contributed by atoms with Crippen molar-refractivity contribution in [1.82, 2.24) is 9.55 Å². The van der Waals surface area contributed by atoms with Gasteiger partial charge in [0, 0.05) is 18.1 Å². The molecule has 0 saturated carbocycles. The SMILES string of the molecule is CC(C#N)c1nccn1-c1ccccc1. The van der Waals surface area contributed by atoms with Crippen LogP contribution in [0.15, 0.2) is 42.7 Å². The molecule has 0 aliphatic heterocycles. The molecule has 3 nitrogen and oxygen atoms in total. The normalized spacial score (nSPS) is 12.0. The number of nitrogens with zero attached hydrogens (tertiary/aromatic N) is 3. The molecule has 1 atom stereocenters. The van der Waals surface area contributed by atoms with Crippen LogP contribution in [0.2, 0.25) is 0 Å². The van der Waals surface area contributed by atoms with Gasteiger partial charge >= 0.3 is 0 Å². The summed E-state index contributed by atoms with van der Waals surface area (Å²) in [5, 5.41) is 8.87. The van der Waals surface area contributed by atoms with Crippen LogP contribution in [0.25, 0.3) is 5.69 Å². The van der Waals surface area contributed by atoms with Gasteiger partial charge in [-0.15, -0.1) is 0 Å². The maximum Gasteiger partial charge on any atom is 0.130 e. The van der Waals surface area contributed by atoms with Crippen LogP contribution in [0.5, 0.6) is 0 Å². The molecule has 0 aliphatic rings. The first-order chi connectivity index (χ1) is 7.33. The van der Waals surface area contributed by atoms with Crippen LogP contribution in [-0.4, -0.2) is 9.55 Å². The number of rotatable bonds is 2. The zero-order valence-corrected chi connectivity index (χ0v) is 8.46. The monoisotopic (exact) mass is 197 g/mol. The van der Waals surface area contributed by atoms with E-state index in [-0.39, 0.29) is 5.92 Å². The van der Waals surface area contributed by atoms with Gasteiger partial charge in [0.05, 0.1) is 6.07 Å². The molecule has 0 spiro atoms. The minimum atomic E-state index is -0.194. The van der Waals surface area contributed by atoms with Crippen LogP contribution in [0.3, 0.4) is 0 Å². The quantitative estimate of drug-likeness (QED) is 0.742. The topological polar surface area (TPSA) is 41.6 Å². The third-order valence-corrected chi connectivity index (χ3v) is 2.28. The first-order valence-corrected chi connectivity index (χ1v) is 4.81. The molecule has 74 valence electrons. The Morgan fingerprint density at radius 2 is 2.07 bits per heavy atom. The molecule has 1 aromatic carbocycles. The summed E-state index contributed by atoms with van der Waals surface area (Å²) in [6, 6.07) is 12.1. The van der Waals surface area contributed by atoms with E-state index in [2.05, 4.69) is 11.1 Å². The van der Waals surface area contributed by atoms with Gasteiger partial charge in [-0.05, 0) is 19.1 Å². The Morgan fingerprint density at radius 3 is 2.73 bits per heavy atom. The van der Waals surface area contributed by atoms with Crippen molar-refractivity contribution in [2.75, 3.05) is 0 Å². The summed E-state index contributed by atoms with van der Waals surface area (Å²) in [5.74, 6) is 0.587. The summed E-state index contributed by atoms with van der Waals surface area (Å²) < 4.78 is 1.94. The maximum atomic E-state index is 8.87. The van der Waals surface area contributed by atoms with Crippen molar-refractivity contribution >= 4 is 0 Å². The van der Waals surface area contributed by atoms with Crippen molar-refractivity contribution in [1.29, 1.82) is 5.26 Å². The van der Waals surface area contributed by atoms with Crippen molar-refractivity contribution < 1.29 is 0 Å². The van der Waals surface area contributed by atoms with E-state index < -0.39 is 0 Å². The highest BCUT2D eigenvalue weighted by Crippen LogP contribution is 2.16. The first kappa shape index (κ1) is 9.47. The van der Waals surface area contributed by atoms with E-state index in [1.807, 2.05) is 48.0 Å². The van der Waals surface area contributed by atoms with Crippen molar-refractivity contribution in [2.45, 2.75) is 12.8 Å². The average Bonchev–Trinajstić information content (AvgIpc) is 2.78. The van der Waals surface area contributed by atoms with Gasteiger partial charge in [0.2, 0.25) is 0 Å². The second-order valence-electron chi connectivity index (χ2n) is 3.34. The molecule has 3 heteroatoms. The van der Waals surface area contributed by atoms with Crippen molar-refractivity contribution in [3.05, 3.63) is 48.5 Å². The summed E-state index contributed by atoms with van der Waals surface area (Å²) in [5.41, 5.74) is 1.03. The molecule has 1 unspecified atom stereocenters. The van der Waals surface area contributed by atoms with Gasteiger partial charge in [-0.1, -0.05) is 18.2 Å². The highest BCUT2D eigenvalue weighted by molar-refractivity contribution is 5.34. The van der Waals surface area contributed by atoms with Gasteiger partial charge in [-0.25, -0.2) is 4.98 Å². The molecule has 2 aromatic rings. The maximum absolute atomic E-state index is 8.87. The van der Waals surface area contributed by atoms with E-state index in [1.165, 1.54) is 0 Å². The van der Waals surface area contributed by atoms with Gasteiger partial charge in [-0.3, -0.25) is 0 Å². The molecular formula is C12H11N3. The predicted octanol–water partition coefficient (Wildman–Crippen LogP) is 2.50. The molecule has 0 N–H and O–H groups in total. The fourth-order valence-electron chi connectivity index (χ4n) is 1.50. The number of hydrogen-bond acceptors (Lipinski definition) is 2. The molecular weight excluding hydrogens is 186 g/mol.